The second kappa shape index (κ2) is 24.3. The van der Waals surface area contributed by atoms with Gasteiger partial charge < -0.3 is 30.2 Å². The molecule has 1 saturated carbocycles. The van der Waals surface area contributed by atoms with Gasteiger partial charge in [0.15, 0.2) is 0 Å². The first-order chi connectivity index (χ1) is 39.9. The normalized spacial score (nSPS) is 20.3. The number of imide groups is 1. The van der Waals surface area contributed by atoms with E-state index < -0.39 is 43.4 Å². The lowest BCUT2D eigenvalue weighted by molar-refractivity contribution is -0.384. The van der Waals surface area contributed by atoms with Gasteiger partial charge in [-0.2, -0.15) is 0 Å². The Balaban J connectivity index is 0.693. The first kappa shape index (κ1) is 57.2. The number of fused-ring (bicyclic) bond motifs is 2. The number of anilines is 2. The molecule has 1 unspecified atom stereocenters. The lowest BCUT2D eigenvalue weighted by atomic mass is 9.72. The number of nitro groups is 1. The number of aromatic amines is 1. The third-order valence-electron chi connectivity index (χ3n) is 17.2. The van der Waals surface area contributed by atoms with E-state index in [1.807, 2.05) is 30.3 Å². The number of allylic oxidation sites excluding steroid dienone is 1. The predicted octanol–water partition coefficient (Wildman–Crippen LogP) is 9.78. The number of hydrogen-bond donors (Lipinski definition) is 5. The molecule has 6 aromatic rings. The Kier molecular flexibility index (Phi) is 16.7. The van der Waals surface area contributed by atoms with Crippen molar-refractivity contribution in [1.82, 2.24) is 35.1 Å². The Morgan fingerprint density at radius 1 is 0.928 bits per heavy atom. The maximum Gasteiger partial charge on any atom is 0.293 e. The number of piperidine rings is 1. The van der Waals surface area contributed by atoms with Gasteiger partial charge in [0.05, 0.1) is 21.6 Å². The molecule has 434 valence electrons. The van der Waals surface area contributed by atoms with E-state index in [-0.39, 0.29) is 46.6 Å². The number of aromatic nitrogens is 2. The molecule has 0 bridgehead atoms. The number of sulfonamides is 1. The average Bonchev–Trinajstić information content (AvgIpc) is 4.23. The zero-order valence-corrected chi connectivity index (χ0v) is 48.3. The summed E-state index contributed by atoms with van der Waals surface area (Å²) in [7, 11) is -4.63. The van der Waals surface area contributed by atoms with Gasteiger partial charge in [-0.25, -0.2) is 18.1 Å². The van der Waals surface area contributed by atoms with Crippen molar-refractivity contribution < 1.29 is 37.3 Å². The molecule has 83 heavy (non-hydrogen) atoms. The van der Waals surface area contributed by atoms with Crippen LogP contribution in [0.1, 0.15) is 115 Å². The largest absolute Gasteiger partial charge is 0.455 e. The number of aryl methyl sites for hydroxylation is 1. The maximum atomic E-state index is 14.2. The van der Waals surface area contributed by atoms with Crippen LogP contribution < -0.4 is 30.3 Å². The highest BCUT2D eigenvalue weighted by atomic mass is 35.5. The van der Waals surface area contributed by atoms with Gasteiger partial charge in [-0.1, -0.05) is 55.3 Å². The summed E-state index contributed by atoms with van der Waals surface area (Å²) in [4.78, 5) is 76.9. The molecule has 19 nitrogen and oxygen atoms in total. The van der Waals surface area contributed by atoms with Crippen LogP contribution in [-0.4, -0.2) is 115 Å². The molecule has 3 aliphatic heterocycles. The Labute approximate surface area is 487 Å². The number of rotatable bonds is 19. The van der Waals surface area contributed by atoms with Gasteiger partial charge in [0, 0.05) is 98.3 Å². The van der Waals surface area contributed by atoms with Crippen LogP contribution in [0.25, 0.3) is 16.6 Å². The van der Waals surface area contributed by atoms with Gasteiger partial charge in [-0.15, -0.1) is 0 Å². The summed E-state index contributed by atoms with van der Waals surface area (Å²) >= 11 is 6.27. The highest BCUT2D eigenvalue weighted by Gasteiger charge is 2.40. The fourth-order valence-corrected chi connectivity index (χ4v) is 13.6. The van der Waals surface area contributed by atoms with Crippen molar-refractivity contribution in [3.63, 3.8) is 0 Å². The van der Waals surface area contributed by atoms with E-state index in [0.717, 1.165) is 117 Å². The number of benzene rings is 4. The zero-order valence-electron chi connectivity index (χ0n) is 46.7. The van der Waals surface area contributed by atoms with Crippen molar-refractivity contribution in [2.45, 2.75) is 108 Å². The minimum absolute atomic E-state index is 0.0554. The second-order valence-corrected chi connectivity index (χ2v) is 25.6. The molecule has 5 heterocycles. The van der Waals surface area contributed by atoms with Crippen LogP contribution in [0.5, 0.6) is 11.5 Å². The predicted molar refractivity (Wildman–Crippen MR) is 318 cm³/mol. The SMILES string of the molecule is CC1(C)CCC(CN2CCN(c3ccc(C(=O)NS(=O)(=O)c4ccc(NC[C@H]5CC[C@H](NCCCc6cccc7c6CN(C6CCC(=O)NC6=O)C7=O)CC5)c([N+](=O)[O-])c4)c(Oc4cnc5[nH]ccc5c4)c3)CC2)=C(c2ccc(Cl)cc2)C1. The van der Waals surface area contributed by atoms with Gasteiger partial charge in [-0.3, -0.25) is 39.5 Å². The summed E-state index contributed by atoms with van der Waals surface area (Å²) in [5, 5.41) is 23.2. The molecule has 2 aromatic heterocycles. The summed E-state index contributed by atoms with van der Waals surface area (Å²) in [5.41, 5.74) is 8.03. The number of H-pyrrole nitrogens is 1. The number of nitro benzene ring substituents is 1. The average molecular weight is 1170 g/mol. The van der Waals surface area contributed by atoms with Crippen molar-refractivity contribution in [2.24, 2.45) is 11.3 Å². The Bertz CT molecular complexity index is 3630. The third-order valence-corrected chi connectivity index (χ3v) is 18.8. The van der Waals surface area contributed by atoms with E-state index >= 15 is 0 Å². The molecule has 1 atom stereocenters. The van der Waals surface area contributed by atoms with Crippen molar-refractivity contribution >= 4 is 78.9 Å². The lowest BCUT2D eigenvalue weighted by Crippen LogP contribution is -2.52. The third kappa shape index (κ3) is 13.1. The summed E-state index contributed by atoms with van der Waals surface area (Å²) in [5.74, 6) is -1.22. The molecule has 2 aliphatic carbocycles. The Morgan fingerprint density at radius 3 is 2.49 bits per heavy atom. The molecular formula is C62H69ClN10O9S. The van der Waals surface area contributed by atoms with Gasteiger partial charge in [0.2, 0.25) is 11.8 Å². The van der Waals surface area contributed by atoms with Crippen LogP contribution in [0.3, 0.4) is 0 Å². The van der Waals surface area contributed by atoms with Gasteiger partial charge >= 0.3 is 0 Å². The molecule has 4 aromatic carbocycles. The van der Waals surface area contributed by atoms with Gasteiger partial charge in [0.25, 0.3) is 27.5 Å². The zero-order chi connectivity index (χ0) is 58.0. The fourth-order valence-electron chi connectivity index (χ4n) is 12.5. The van der Waals surface area contributed by atoms with Gasteiger partial charge in [0.1, 0.15) is 28.9 Å². The summed E-state index contributed by atoms with van der Waals surface area (Å²) in [6.07, 6.45) is 12.2. The number of halogens is 1. The van der Waals surface area contributed by atoms with Gasteiger partial charge in [-0.05, 0) is 159 Å². The first-order valence-electron chi connectivity index (χ1n) is 28.7. The van der Waals surface area contributed by atoms with E-state index in [1.165, 1.54) is 35.0 Å². The number of hydrogen-bond acceptors (Lipinski definition) is 14. The van der Waals surface area contributed by atoms with E-state index in [2.05, 4.69) is 66.4 Å². The van der Waals surface area contributed by atoms with Crippen molar-refractivity contribution in [2.75, 3.05) is 56.0 Å². The van der Waals surface area contributed by atoms with Crippen LogP contribution in [0, 0.1) is 21.4 Å². The van der Waals surface area contributed by atoms with E-state index in [9.17, 15) is 37.7 Å². The molecule has 21 heteroatoms. The molecule has 0 spiro atoms. The Hall–Kier alpha value is -7.65. The number of nitrogens with zero attached hydrogens (tertiary/aromatic N) is 5. The number of carbonyl (C=O) groups is 4. The smallest absolute Gasteiger partial charge is 0.293 e. The molecule has 0 radical (unpaired) electrons. The van der Waals surface area contributed by atoms with Crippen molar-refractivity contribution in [3.05, 3.63) is 152 Å². The van der Waals surface area contributed by atoms with E-state index in [4.69, 9.17) is 16.3 Å². The van der Waals surface area contributed by atoms with Crippen LogP contribution in [-0.2, 0) is 32.6 Å². The van der Waals surface area contributed by atoms with E-state index in [1.54, 1.807) is 41.4 Å². The van der Waals surface area contributed by atoms with Crippen LogP contribution in [0.4, 0.5) is 17.1 Å². The monoisotopic (exact) mass is 1160 g/mol. The summed E-state index contributed by atoms with van der Waals surface area (Å²) < 4.78 is 36.5. The highest BCUT2D eigenvalue weighted by Crippen LogP contribution is 2.44. The molecular weight excluding hydrogens is 1100 g/mol. The number of nitrogens with one attached hydrogen (secondary N) is 5. The molecule has 11 rings (SSSR count). The van der Waals surface area contributed by atoms with Crippen molar-refractivity contribution in [1.29, 1.82) is 0 Å². The van der Waals surface area contributed by atoms with Crippen LogP contribution >= 0.6 is 11.6 Å². The lowest BCUT2D eigenvalue weighted by Gasteiger charge is -2.39. The molecule has 5 N–H and O–H groups in total. The topological polar surface area (TPSA) is 241 Å². The number of pyridine rings is 1. The second-order valence-electron chi connectivity index (χ2n) is 23.4. The van der Waals surface area contributed by atoms with Crippen LogP contribution in [0.15, 0.2) is 114 Å². The van der Waals surface area contributed by atoms with Crippen molar-refractivity contribution in [3.8, 4) is 11.5 Å². The summed E-state index contributed by atoms with van der Waals surface area (Å²) in [6, 6.07) is 25.8. The number of amides is 4. The fraction of sp³-hybridized carbons (Fsp3) is 0.403. The highest BCUT2D eigenvalue weighted by molar-refractivity contribution is 7.90. The number of ether oxygens (including phenoxy) is 1. The molecule has 5 aliphatic rings. The molecule has 3 fully saturated rings. The molecule has 2 saturated heterocycles. The Morgan fingerprint density at radius 2 is 1.72 bits per heavy atom. The van der Waals surface area contributed by atoms with E-state index in [0.29, 0.717) is 55.6 Å². The number of piperazine rings is 1. The quantitative estimate of drug-likeness (QED) is 0.0220. The maximum absolute atomic E-state index is 14.2. The minimum Gasteiger partial charge on any atom is -0.455 e. The summed E-state index contributed by atoms with van der Waals surface area (Å²) in [6.45, 7) is 10.1. The minimum atomic E-state index is -4.63. The standard InChI is InChI=1S/C62H69ClN10O9S/c1-62(2)24-22-43(51(34-62)41-10-12-44(63)13-11-41)37-70-27-29-71(30-28-70)46-16-18-50(56(32-46)82-47-31-42-23-26-65-58(42)67-36-47)59(75)69-83(80,81)48-17-19-53(55(33-48)73(78)79)66-35-39-8-14-45(15-9-39)64-25-4-6-40-5-3-7-49-52(40)38-72(61(49)77)54-20-21-57(74)68-60(54)76/h3,5,7,10-13,16-19,23,26,31-33,36,39,45,54,64,66H,4,6,8-9,14-15,20-22,24-25,27-30,34-35,37-38H2,1-2H3,(H,65,67)(H,69,75)(H,68,74,76)/t39-,45-,54?. The van der Waals surface area contributed by atoms with Crippen LogP contribution in [0.2, 0.25) is 5.02 Å². The molecule has 4 amide bonds. The number of carbonyl (C=O) groups excluding carboxylic acids is 4. The first-order valence-corrected chi connectivity index (χ1v) is 30.6.